The van der Waals surface area contributed by atoms with Crippen molar-refractivity contribution in [2.45, 2.75) is 63.9 Å². The van der Waals surface area contributed by atoms with Crippen molar-refractivity contribution >= 4 is 6.08 Å². The third-order valence-electron chi connectivity index (χ3n) is 5.14. The molecule has 4 unspecified atom stereocenters. The van der Waals surface area contributed by atoms with Crippen LogP contribution in [0.5, 0.6) is 0 Å². The number of rotatable bonds is 13. The molecule has 2 heterocycles. The molecule has 4 nitrogen and oxygen atoms in total. The highest BCUT2D eigenvalue weighted by Gasteiger charge is 2.25. The van der Waals surface area contributed by atoms with Gasteiger partial charge in [-0.05, 0) is 42.4 Å². The van der Waals surface area contributed by atoms with Crippen LogP contribution >= 0.6 is 0 Å². The van der Waals surface area contributed by atoms with E-state index in [4.69, 9.17) is 18.9 Å². The van der Waals surface area contributed by atoms with E-state index in [0.717, 1.165) is 38.9 Å². The standard InChI is InChI=1S/C22H32O4/c1-4-18(23-12-20-14-25-20)10-16-8-7-9-17(22(16)6-3)11-19(5-2)24-13-21-15-26-21/h6-9,18-21H,3-5,10-15H2,1-2H3. The highest BCUT2D eigenvalue weighted by atomic mass is 16.6. The molecule has 2 aliphatic rings. The number of hydrogen-bond acceptors (Lipinski definition) is 4. The molecule has 2 aliphatic heterocycles. The van der Waals surface area contributed by atoms with E-state index < -0.39 is 0 Å². The molecule has 0 bridgehead atoms. The molecule has 26 heavy (non-hydrogen) atoms. The molecule has 0 saturated carbocycles. The van der Waals surface area contributed by atoms with Crippen molar-refractivity contribution in [3.63, 3.8) is 0 Å². The molecule has 144 valence electrons. The largest absolute Gasteiger partial charge is 0.375 e. The molecule has 1 aromatic carbocycles. The van der Waals surface area contributed by atoms with Crippen molar-refractivity contribution in [2.75, 3.05) is 26.4 Å². The zero-order valence-corrected chi connectivity index (χ0v) is 16.1. The minimum absolute atomic E-state index is 0.221. The van der Waals surface area contributed by atoms with Gasteiger partial charge in [0.25, 0.3) is 0 Å². The first-order valence-corrected chi connectivity index (χ1v) is 9.93. The fraction of sp³-hybridized carbons (Fsp3) is 0.636. The zero-order chi connectivity index (χ0) is 18.4. The lowest BCUT2D eigenvalue weighted by Gasteiger charge is -2.21. The van der Waals surface area contributed by atoms with Crippen molar-refractivity contribution in [3.8, 4) is 0 Å². The molecule has 0 spiro atoms. The Bertz CT molecular complexity index is 533. The van der Waals surface area contributed by atoms with Gasteiger partial charge in [0.15, 0.2) is 0 Å². The van der Waals surface area contributed by atoms with E-state index >= 15 is 0 Å². The Hall–Kier alpha value is -1.20. The van der Waals surface area contributed by atoms with E-state index in [1.54, 1.807) is 0 Å². The molecular formula is C22H32O4. The van der Waals surface area contributed by atoms with Crippen LogP contribution in [0, 0.1) is 0 Å². The Labute approximate surface area is 157 Å². The van der Waals surface area contributed by atoms with E-state index in [-0.39, 0.29) is 12.2 Å². The van der Waals surface area contributed by atoms with Crippen molar-refractivity contribution in [2.24, 2.45) is 0 Å². The Morgan fingerprint density at radius 1 is 1.00 bits per heavy atom. The highest BCUT2D eigenvalue weighted by Crippen LogP contribution is 2.23. The average Bonchev–Trinajstić information content (AvgIpc) is 3.56. The van der Waals surface area contributed by atoms with Crippen LogP contribution in [0.1, 0.15) is 43.4 Å². The molecule has 0 aromatic heterocycles. The predicted molar refractivity (Wildman–Crippen MR) is 103 cm³/mol. The molecule has 0 amide bonds. The quantitative estimate of drug-likeness (QED) is 0.502. The number of benzene rings is 1. The van der Waals surface area contributed by atoms with E-state index in [9.17, 15) is 0 Å². The normalized spacial score (nSPS) is 23.5. The maximum absolute atomic E-state index is 6.03. The van der Waals surface area contributed by atoms with E-state index in [0.29, 0.717) is 25.4 Å². The first-order valence-electron chi connectivity index (χ1n) is 9.93. The van der Waals surface area contributed by atoms with Crippen LogP contribution in [0.15, 0.2) is 24.8 Å². The Balaban J connectivity index is 1.63. The fourth-order valence-corrected chi connectivity index (χ4v) is 3.23. The van der Waals surface area contributed by atoms with Gasteiger partial charge in [-0.25, -0.2) is 0 Å². The minimum atomic E-state index is 0.221. The third kappa shape index (κ3) is 5.92. The van der Waals surface area contributed by atoms with E-state index in [1.807, 2.05) is 6.08 Å². The maximum Gasteiger partial charge on any atom is 0.104 e. The molecule has 3 rings (SSSR count). The second kappa shape index (κ2) is 9.65. The highest BCUT2D eigenvalue weighted by molar-refractivity contribution is 5.57. The van der Waals surface area contributed by atoms with Crippen molar-refractivity contribution < 1.29 is 18.9 Å². The number of hydrogen-bond donors (Lipinski definition) is 0. The average molecular weight is 360 g/mol. The summed E-state index contributed by atoms with van der Waals surface area (Å²) >= 11 is 0. The Morgan fingerprint density at radius 2 is 1.46 bits per heavy atom. The lowest BCUT2D eigenvalue weighted by Crippen LogP contribution is -2.20. The SMILES string of the molecule is C=Cc1c(CC(CC)OCC2CO2)cccc1CC(CC)OCC1CO1. The number of epoxide rings is 2. The monoisotopic (exact) mass is 360 g/mol. The van der Waals surface area contributed by atoms with E-state index in [2.05, 4.69) is 38.6 Å². The van der Waals surface area contributed by atoms with Crippen LogP contribution in [0.25, 0.3) is 6.08 Å². The first kappa shape index (κ1) is 19.6. The molecule has 1 aromatic rings. The van der Waals surface area contributed by atoms with Crippen molar-refractivity contribution in [3.05, 3.63) is 41.5 Å². The van der Waals surface area contributed by atoms with Gasteiger partial charge >= 0.3 is 0 Å². The summed E-state index contributed by atoms with van der Waals surface area (Å²) in [5.74, 6) is 0. The summed E-state index contributed by atoms with van der Waals surface area (Å²) in [6, 6.07) is 6.53. The Kier molecular flexibility index (Phi) is 7.26. The zero-order valence-electron chi connectivity index (χ0n) is 16.1. The molecule has 0 aliphatic carbocycles. The lowest BCUT2D eigenvalue weighted by atomic mass is 9.92. The Morgan fingerprint density at radius 3 is 1.81 bits per heavy atom. The molecule has 0 N–H and O–H groups in total. The molecule has 4 atom stereocenters. The minimum Gasteiger partial charge on any atom is -0.375 e. The smallest absolute Gasteiger partial charge is 0.104 e. The summed E-state index contributed by atoms with van der Waals surface area (Å²) in [6.07, 6.45) is 6.86. The van der Waals surface area contributed by atoms with Gasteiger partial charge in [-0.3, -0.25) is 0 Å². The summed E-state index contributed by atoms with van der Waals surface area (Å²) in [7, 11) is 0. The summed E-state index contributed by atoms with van der Waals surface area (Å²) in [5.41, 5.74) is 3.85. The van der Waals surface area contributed by atoms with Crippen molar-refractivity contribution in [1.29, 1.82) is 0 Å². The van der Waals surface area contributed by atoms with Gasteiger partial charge in [0.05, 0.1) is 38.6 Å². The molecule has 0 radical (unpaired) electrons. The maximum atomic E-state index is 6.03. The van der Waals surface area contributed by atoms with Crippen molar-refractivity contribution in [1.82, 2.24) is 0 Å². The van der Waals surface area contributed by atoms with Gasteiger partial charge in [-0.1, -0.05) is 44.7 Å². The van der Waals surface area contributed by atoms with Crippen LogP contribution in [-0.4, -0.2) is 50.8 Å². The predicted octanol–water partition coefficient (Wildman–Crippen LogP) is 3.80. The molecule has 2 fully saturated rings. The van der Waals surface area contributed by atoms with Crippen LogP contribution in [0.4, 0.5) is 0 Å². The first-order chi connectivity index (χ1) is 12.7. The summed E-state index contributed by atoms with van der Waals surface area (Å²) in [5, 5.41) is 0. The van der Waals surface area contributed by atoms with Gasteiger partial charge < -0.3 is 18.9 Å². The third-order valence-corrected chi connectivity index (χ3v) is 5.14. The van der Waals surface area contributed by atoms with Gasteiger partial charge in [-0.15, -0.1) is 0 Å². The lowest BCUT2D eigenvalue weighted by molar-refractivity contribution is 0.0398. The summed E-state index contributed by atoms with van der Waals surface area (Å²) in [4.78, 5) is 0. The second-order valence-corrected chi connectivity index (χ2v) is 7.24. The molecular weight excluding hydrogens is 328 g/mol. The summed E-state index contributed by atoms with van der Waals surface area (Å²) in [6.45, 7) is 11.5. The van der Waals surface area contributed by atoms with Crippen LogP contribution < -0.4 is 0 Å². The number of ether oxygens (including phenoxy) is 4. The fourth-order valence-electron chi connectivity index (χ4n) is 3.23. The van der Waals surface area contributed by atoms with Crippen LogP contribution in [0.3, 0.4) is 0 Å². The van der Waals surface area contributed by atoms with E-state index in [1.165, 1.54) is 16.7 Å². The van der Waals surface area contributed by atoms with Crippen LogP contribution in [-0.2, 0) is 31.8 Å². The van der Waals surface area contributed by atoms with Gasteiger partial charge in [0.2, 0.25) is 0 Å². The topological polar surface area (TPSA) is 43.5 Å². The van der Waals surface area contributed by atoms with Gasteiger partial charge in [-0.2, -0.15) is 0 Å². The summed E-state index contributed by atoms with van der Waals surface area (Å²) < 4.78 is 22.6. The molecule has 2 saturated heterocycles. The second-order valence-electron chi connectivity index (χ2n) is 7.24. The van der Waals surface area contributed by atoms with Gasteiger partial charge in [0.1, 0.15) is 12.2 Å². The van der Waals surface area contributed by atoms with Crippen LogP contribution in [0.2, 0.25) is 0 Å². The molecule has 4 heteroatoms. The van der Waals surface area contributed by atoms with Gasteiger partial charge in [0, 0.05) is 0 Å².